The number of carboxylic acids is 1. The van der Waals surface area contributed by atoms with E-state index in [0.717, 1.165) is 19.3 Å². The molecule has 2 N–H and O–H groups in total. The third-order valence-electron chi connectivity index (χ3n) is 4.85. The van der Waals surface area contributed by atoms with Crippen LogP contribution in [0.25, 0.3) is 0 Å². The number of ether oxygens (including phenoxy) is 3. The van der Waals surface area contributed by atoms with Crippen LogP contribution in [0.5, 0.6) is 0 Å². The van der Waals surface area contributed by atoms with E-state index in [4.69, 9.17) is 19.3 Å². The van der Waals surface area contributed by atoms with Gasteiger partial charge in [-0.3, -0.25) is 19.2 Å². The molecule has 31 heavy (non-hydrogen) atoms. The first kappa shape index (κ1) is 26.4. The van der Waals surface area contributed by atoms with Crippen LogP contribution in [-0.2, 0) is 33.4 Å². The van der Waals surface area contributed by atoms with E-state index >= 15 is 0 Å². The Labute approximate surface area is 182 Å². The number of rotatable bonds is 13. The highest BCUT2D eigenvalue weighted by atomic mass is 16.6. The Bertz CT molecular complexity index is 697. The minimum absolute atomic E-state index is 0.128. The second kappa shape index (κ2) is 12.9. The average Bonchev–Trinajstić information content (AvgIpc) is 2.96. The van der Waals surface area contributed by atoms with E-state index in [1.807, 2.05) is 0 Å². The van der Waals surface area contributed by atoms with Crippen LogP contribution in [0, 0.1) is 5.41 Å². The summed E-state index contributed by atoms with van der Waals surface area (Å²) in [6, 6.07) is 0. The topological polar surface area (TPSA) is 136 Å². The maximum absolute atomic E-state index is 11.7. The molecule has 0 radical (unpaired) electrons. The molecule has 0 aliphatic heterocycles. The lowest BCUT2D eigenvalue weighted by Crippen LogP contribution is -2.42. The lowest BCUT2D eigenvalue weighted by atomic mass is 9.80. The summed E-state index contributed by atoms with van der Waals surface area (Å²) in [5.74, 6) is -3.34. The van der Waals surface area contributed by atoms with Gasteiger partial charge in [-0.2, -0.15) is 0 Å². The summed E-state index contributed by atoms with van der Waals surface area (Å²) in [7, 11) is 0. The number of hydrogen-bond acceptors (Lipinski definition) is 8. The van der Waals surface area contributed by atoms with E-state index < -0.39 is 54.0 Å². The van der Waals surface area contributed by atoms with E-state index in [1.54, 1.807) is 24.3 Å². The summed E-state index contributed by atoms with van der Waals surface area (Å²) >= 11 is 0. The van der Waals surface area contributed by atoms with Gasteiger partial charge in [-0.25, -0.2) is 0 Å². The Kier molecular flexibility index (Phi) is 11.0. The first-order valence-corrected chi connectivity index (χ1v) is 10.4. The Morgan fingerprint density at radius 1 is 1.13 bits per heavy atom. The van der Waals surface area contributed by atoms with Gasteiger partial charge in [-0.05, 0) is 18.9 Å². The van der Waals surface area contributed by atoms with Crippen molar-refractivity contribution in [3.63, 3.8) is 0 Å². The van der Waals surface area contributed by atoms with Crippen LogP contribution in [0.3, 0.4) is 0 Å². The Morgan fingerprint density at radius 3 is 2.39 bits per heavy atom. The molecule has 0 aromatic heterocycles. The Morgan fingerprint density at radius 2 is 1.81 bits per heavy atom. The van der Waals surface area contributed by atoms with Crippen LogP contribution in [-0.4, -0.2) is 59.0 Å². The van der Waals surface area contributed by atoms with Gasteiger partial charge in [0.2, 0.25) is 0 Å². The van der Waals surface area contributed by atoms with Crippen LogP contribution in [0.4, 0.5) is 0 Å². The number of aliphatic carboxylic acids is 1. The second-order valence-electron chi connectivity index (χ2n) is 7.54. The second-order valence-corrected chi connectivity index (χ2v) is 7.54. The lowest BCUT2D eigenvalue weighted by Gasteiger charge is -2.34. The van der Waals surface area contributed by atoms with Gasteiger partial charge in [0.15, 0.2) is 12.2 Å². The molecular weight excluding hydrogens is 408 g/mol. The molecule has 9 heteroatoms. The molecule has 0 spiro atoms. The molecule has 1 aliphatic rings. The van der Waals surface area contributed by atoms with Gasteiger partial charge >= 0.3 is 23.9 Å². The number of esters is 3. The quantitative estimate of drug-likeness (QED) is 0.145. The molecule has 1 aliphatic carbocycles. The summed E-state index contributed by atoms with van der Waals surface area (Å²) in [5.41, 5.74) is -1.01. The molecule has 1 unspecified atom stereocenters. The van der Waals surface area contributed by atoms with E-state index in [9.17, 15) is 24.3 Å². The number of carbonyl (C=O) groups is 4. The van der Waals surface area contributed by atoms with Crippen LogP contribution in [0.15, 0.2) is 24.3 Å². The zero-order valence-corrected chi connectivity index (χ0v) is 18.2. The maximum Gasteiger partial charge on any atom is 0.317 e. The molecule has 0 amide bonds. The van der Waals surface area contributed by atoms with Crippen LogP contribution in [0.2, 0.25) is 0 Å². The molecular formula is C22H32O9. The molecule has 0 aromatic rings. The lowest BCUT2D eigenvalue weighted by molar-refractivity contribution is -0.166. The summed E-state index contributed by atoms with van der Waals surface area (Å²) < 4.78 is 15.7. The van der Waals surface area contributed by atoms with Crippen molar-refractivity contribution in [1.29, 1.82) is 0 Å². The molecule has 0 fully saturated rings. The Hall–Kier alpha value is -2.68. The molecule has 0 bridgehead atoms. The predicted octanol–water partition coefficient (Wildman–Crippen LogP) is 2.31. The summed E-state index contributed by atoms with van der Waals surface area (Å²) in [4.78, 5) is 45.4. The van der Waals surface area contributed by atoms with Crippen molar-refractivity contribution in [2.45, 2.75) is 77.6 Å². The third-order valence-corrected chi connectivity index (χ3v) is 4.85. The molecule has 4 atom stereocenters. The van der Waals surface area contributed by atoms with Crippen molar-refractivity contribution in [2.24, 2.45) is 5.41 Å². The van der Waals surface area contributed by atoms with E-state index in [2.05, 4.69) is 6.92 Å². The molecule has 9 nitrogen and oxygen atoms in total. The SMILES string of the molecule is CCCCCC(O)C=C[C@]1(CCOC(=O)CC(=O)O)C=C[C@H](OC(C)=O)[C@H]1OC(C)=O. The molecule has 0 saturated carbocycles. The molecule has 174 valence electrons. The highest BCUT2D eigenvalue weighted by molar-refractivity contribution is 5.90. The summed E-state index contributed by atoms with van der Waals surface area (Å²) in [5, 5.41) is 19.0. The monoisotopic (exact) mass is 440 g/mol. The van der Waals surface area contributed by atoms with Crippen LogP contribution >= 0.6 is 0 Å². The number of unbranched alkanes of at least 4 members (excludes halogenated alkanes) is 2. The first-order valence-electron chi connectivity index (χ1n) is 10.4. The highest BCUT2D eigenvalue weighted by Crippen LogP contribution is 2.41. The van der Waals surface area contributed by atoms with Gasteiger partial charge in [-0.1, -0.05) is 44.4 Å². The largest absolute Gasteiger partial charge is 0.481 e. The van der Waals surface area contributed by atoms with Crippen LogP contribution < -0.4 is 0 Å². The van der Waals surface area contributed by atoms with Gasteiger partial charge in [0.25, 0.3) is 0 Å². The van der Waals surface area contributed by atoms with Crippen LogP contribution in [0.1, 0.15) is 59.3 Å². The van der Waals surface area contributed by atoms with E-state index in [1.165, 1.54) is 13.8 Å². The van der Waals surface area contributed by atoms with Gasteiger partial charge in [0.05, 0.1) is 18.1 Å². The number of hydrogen-bond donors (Lipinski definition) is 2. The third kappa shape index (κ3) is 9.33. The maximum atomic E-state index is 11.7. The minimum Gasteiger partial charge on any atom is -0.481 e. The zero-order valence-electron chi connectivity index (χ0n) is 18.2. The predicted molar refractivity (Wildman–Crippen MR) is 110 cm³/mol. The fourth-order valence-corrected chi connectivity index (χ4v) is 3.39. The van der Waals surface area contributed by atoms with E-state index in [0.29, 0.717) is 6.42 Å². The first-order chi connectivity index (χ1) is 14.6. The van der Waals surface area contributed by atoms with E-state index in [-0.39, 0.29) is 13.0 Å². The fourth-order valence-electron chi connectivity index (χ4n) is 3.39. The molecule has 0 aromatic carbocycles. The van der Waals surface area contributed by atoms with Crippen molar-refractivity contribution in [3.05, 3.63) is 24.3 Å². The standard InChI is InChI=1S/C22H32O9/c1-4-5-6-7-17(25)8-10-22(12-13-29-20(28)14-19(26)27)11-9-18(30-15(2)23)21(22)31-16(3)24/h8-11,17-18,21,25H,4-7,12-14H2,1-3H3,(H,26,27)/t17?,18-,21+,22+/m0/s1. The summed E-state index contributed by atoms with van der Waals surface area (Å²) in [6.07, 6.45) is 6.81. The Balaban J connectivity index is 3.05. The molecule has 1 rings (SSSR count). The zero-order chi connectivity index (χ0) is 23.4. The number of carboxylic acid groups (broad SMARTS) is 1. The van der Waals surface area contributed by atoms with Crippen molar-refractivity contribution < 1.29 is 43.6 Å². The number of aliphatic hydroxyl groups excluding tert-OH is 1. The normalized spacial score (nSPS) is 23.5. The molecule has 0 saturated heterocycles. The van der Waals surface area contributed by atoms with Crippen molar-refractivity contribution in [3.8, 4) is 0 Å². The number of aliphatic hydroxyl groups is 1. The molecule has 0 heterocycles. The smallest absolute Gasteiger partial charge is 0.317 e. The fraction of sp³-hybridized carbons (Fsp3) is 0.636. The number of carbonyl (C=O) groups excluding carboxylic acids is 3. The van der Waals surface area contributed by atoms with Gasteiger partial charge in [0.1, 0.15) is 6.42 Å². The summed E-state index contributed by atoms with van der Waals surface area (Å²) in [6.45, 7) is 4.37. The highest BCUT2D eigenvalue weighted by Gasteiger charge is 2.47. The van der Waals surface area contributed by atoms with Gasteiger partial charge < -0.3 is 24.4 Å². The average molecular weight is 440 g/mol. The van der Waals surface area contributed by atoms with Crippen molar-refractivity contribution >= 4 is 23.9 Å². The van der Waals surface area contributed by atoms with Gasteiger partial charge in [-0.15, -0.1) is 0 Å². The minimum atomic E-state index is -1.30. The van der Waals surface area contributed by atoms with Crippen molar-refractivity contribution in [1.82, 2.24) is 0 Å². The van der Waals surface area contributed by atoms with Crippen molar-refractivity contribution in [2.75, 3.05) is 6.61 Å². The van der Waals surface area contributed by atoms with Gasteiger partial charge in [0, 0.05) is 13.8 Å².